The van der Waals surface area contributed by atoms with Crippen molar-refractivity contribution in [1.82, 2.24) is 0 Å². The Balaban J connectivity index is 1.60. The number of aliphatic carboxylic acids is 1. The highest BCUT2D eigenvalue weighted by Gasteiger charge is 2.69. The van der Waals surface area contributed by atoms with Gasteiger partial charge in [0.25, 0.3) is 0 Å². The zero-order chi connectivity index (χ0) is 23.3. The van der Waals surface area contributed by atoms with Gasteiger partial charge in [-0.3, -0.25) is 4.79 Å². The molecule has 3 heteroatoms. The molecule has 5 rings (SSSR count). The summed E-state index contributed by atoms with van der Waals surface area (Å²) in [6, 6.07) is 0. The topological polar surface area (TPSA) is 57.5 Å². The molecule has 0 amide bonds. The van der Waals surface area contributed by atoms with Gasteiger partial charge in [-0.15, -0.1) is 0 Å². The Morgan fingerprint density at radius 1 is 0.938 bits per heavy atom. The van der Waals surface area contributed by atoms with Gasteiger partial charge in [0, 0.05) is 0 Å². The number of aliphatic hydroxyl groups excluding tert-OH is 1. The predicted octanol–water partition coefficient (Wildman–Crippen LogP) is 6.84. The number of aliphatic hydroxyl groups is 1. The molecule has 3 unspecified atom stereocenters. The molecule has 0 aromatic carbocycles. The van der Waals surface area contributed by atoms with Crippen molar-refractivity contribution in [3.8, 4) is 0 Å². The number of carboxylic acid groups (broad SMARTS) is 1. The lowest BCUT2D eigenvalue weighted by Crippen LogP contribution is -2.65. The molecule has 0 aromatic rings. The third kappa shape index (κ3) is 2.56. The van der Waals surface area contributed by atoms with E-state index in [2.05, 4.69) is 47.6 Å². The second-order valence-electron chi connectivity index (χ2n) is 14.0. The number of hydrogen-bond acceptors (Lipinski definition) is 2. The van der Waals surface area contributed by atoms with Crippen molar-refractivity contribution in [2.24, 2.45) is 50.7 Å². The Hall–Kier alpha value is -0.830. The molecule has 0 aromatic heterocycles. The molecule has 4 saturated carbocycles. The van der Waals surface area contributed by atoms with E-state index in [0.717, 1.165) is 44.9 Å². The molecule has 5 aliphatic carbocycles. The van der Waals surface area contributed by atoms with Gasteiger partial charge < -0.3 is 10.2 Å². The molecule has 9 atom stereocenters. The molecule has 32 heavy (non-hydrogen) atoms. The smallest absolute Gasteiger partial charge is 0.310 e. The maximum Gasteiger partial charge on any atom is 0.310 e. The van der Waals surface area contributed by atoms with Gasteiger partial charge in [0.05, 0.1) is 11.5 Å². The average molecular weight is 443 g/mol. The molecule has 0 aliphatic heterocycles. The maximum atomic E-state index is 12.7. The van der Waals surface area contributed by atoms with Gasteiger partial charge in [0.2, 0.25) is 0 Å². The molecule has 5 aliphatic rings. The van der Waals surface area contributed by atoms with E-state index in [1.54, 1.807) is 0 Å². The molecule has 3 nitrogen and oxygen atoms in total. The summed E-state index contributed by atoms with van der Waals surface area (Å²) in [5, 5.41) is 21.3. The fraction of sp³-hybridized carbons (Fsp3) is 0.897. The summed E-state index contributed by atoms with van der Waals surface area (Å²) in [7, 11) is 0. The Morgan fingerprint density at radius 2 is 1.66 bits per heavy atom. The zero-order valence-corrected chi connectivity index (χ0v) is 21.3. The number of rotatable bonds is 1. The third-order valence-electron chi connectivity index (χ3n) is 12.8. The SMILES string of the molecule is C[C@H]1CCC[C@]2(C(=O)O)CC[C@]3(C)C(=CCC4[C@@]5(C)CC[C@H](O)C(C)(C)C5CC[C@]43C)C12. The van der Waals surface area contributed by atoms with Crippen molar-refractivity contribution in [2.75, 3.05) is 0 Å². The van der Waals surface area contributed by atoms with E-state index in [-0.39, 0.29) is 33.7 Å². The molecular formula is C29H46O3. The molecule has 0 saturated heterocycles. The van der Waals surface area contributed by atoms with E-state index in [4.69, 9.17) is 0 Å². The Morgan fingerprint density at radius 3 is 2.34 bits per heavy atom. The first-order valence-corrected chi connectivity index (χ1v) is 13.5. The molecular weight excluding hydrogens is 396 g/mol. The first-order valence-electron chi connectivity index (χ1n) is 13.5. The zero-order valence-electron chi connectivity index (χ0n) is 21.3. The van der Waals surface area contributed by atoms with Gasteiger partial charge in [0.1, 0.15) is 0 Å². The van der Waals surface area contributed by atoms with E-state index < -0.39 is 11.4 Å². The van der Waals surface area contributed by atoms with Crippen LogP contribution in [0.5, 0.6) is 0 Å². The minimum absolute atomic E-state index is 0.0257. The molecule has 0 spiro atoms. The second-order valence-corrected chi connectivity index (χ2v) is 14.0. The lowest BCUT2D eigenvalue weighted by Gasteiger charge is -2.71. The lowest BCUT2D eigenvalue weighted by atomic mass is 9.33. The number of fused-ring (bicyclic) bond motifs is 7. The summed E-state index contributed by atoms with van der Waals surface area (Å²) in [5.74, 6) is 1.31. The summed E-state index contributed by atoms with van der Waals surface area (Å²) < 4.78 is 0. The van der Waals surface area contributed by atoms with Crippen molar-refractivity contribution in [2.45, 2.75) is 112 Å². The Kier molecular flexibility index (Phi) is 4.92. The van der Waals surface area contributed by atoms with Crippen molar-refractivity contribution in [3.63, 3.8) is 0 Å². The fourth-order valence-corrected chi connectivity index (χ4v) is 10.7. The van der Waals surface area contributed by atoms with Crippen LogP contribution in [-0.4, -0.2) is 22.3 Å². The van der Waals surface area contributed by atoms with Crippen LogP contribution in [-0.2, 0) is 4.79 Å². The van der Waals surface area contributed by atoms with Crippen LogP contribution in [0.2, 0.25) is 0 Å². The minimum Gasteiger partial charge on any atom is -0.481 e. The van der Waals surface area contributed by atoms with Crippen molar-refractivity contribution < 1.29 is 15.0 Å². The van der Waals surface area contributed by atoms with E-state index in [0.29, 0.717) is 17.8 Å². The minimum atomic E-state index is -0.539. The standard InChI is InChI=1S/C29H46O3/c1-18-8-7-13-29(24(31)32)17-16-27(5)19(23(18)29)9-10-21-26(4)14-12-22(30)25(2,3)20(26)11-15-28(21,27)6/h9,18,20-23,30H,7-8,10-17H2,1-6H3,(H,31,32)/t18-,20?,21?,22-,23?,26-,27+,28+,29-/m0/s1. The van der Waals surface area contributed by atoms with Gasteiger partial charge >= 0.3 is 5.97 Å². The molecule has 0 heterocycles. The Bertz CT molecular complexity index is 843. The van der Waals surface area contributed by atoms with Gasteiger partial charge in [-0.1, -0.05) is 66.0 Å². The molecule has 2 N–H and O–H groups in total. The van der Waals surface area contributed by atoms with Crippen LogP contribution in [0.25, 0.3) is 0 Å². The highest BCUT2D eigenvalue weighted by molar-refractivity contribution is 5.76. The molecule has 4 fully saturated rings. The van der Waals surface area contributed by atoms with Crippen LogP contribution in [0.4, 0.5) is 0 Å². The van der Waals surface area contributed by atoms with Crippen LogP contribution in [0.1, 0.15) is 106 Å². The number of carbonyl (C=O) groups is 1. The molecule has 0 bridgehead atoms. The summed E-state index contributed by atoms with van der Waals surface area (Å²) in [5.41, 5.74) is 1.52. The predicted molar refractivity (Wildman–Crippen MR) is 128 cm³/mol. The summed E-state index contributed by atoms with van der Waals surface area (Å²) in [6.45, 7) is 14.6. The van der Waals surface area contributed by atoms with Gasteiger partial charge in [0.15, 0.2) is 0 Å². The largest absolute Gasteiger partial charge is 0.481 e. The number of carboxylic acids is 1. The van der Waals surface area contributed by atoms with E-state index in [1.165, 1.54) is 24.8 Å². The summed E-state index contributed by atoms with van der Waals surface area (Å²) >= 11 is 0. The van der Waals surface area contributed by atoms with Crippen LogP contribution in [0.15, 0.2) is 11.6 Å². The normalized spacial score (nSPS) is 54.3. The van der Waals surface area contributed by atoms with Crippen molar-refractivity contribution >= 4 is 5.97 Å². The van der Waals surface area contributed by atoms with Crippen LogP contribution in [0, 0.1) is 50.7 Å². The summed E-state index contributed by atoms with van der Waals surface area (Å²) in [4.78, 5) is 12.7. The van der Waals surface area contributed by atoms with E-state index in [9.17, 15) is 15.0 Å². The quantitative estimate of drug-likeness (QED) is 0.437. The lowest BCUT2D eigenvalue weighted by molar-refractivity contribution is -0.205. The van der Waals surface area contributed by atoms with Crippen LogP contribution < -0.4 is 0 Å². The average Bonchev–Trinajstić information content (AvgIpc) is 2.71. The highest BCUT2D eigenvalue weighted by Crippen LogP contribution is 2.75. The molecule has 0 radical (unpaired) electrons. The third-order valence-corrected chi connectivity index (χ3v) is 12.8. The van der Waals surface area contributed by atoms with Gasteiger partial charge in [-0.25, -0.2) is 0 Å². The Labute approximate surface area is 195 Å². The van der Waals surface area contributed by atoms with E-state index in [1.807, 2.05) is 0 Å². The van der Waals surface area contributed by atoms with Crippen LogP contribution in [0.3, 0.4) is 0 Å². The maximum absolute atomic E-state index is 12.7. The van der Waals surface area contributed by atoms with Gasteiger partial charge in [-0.05, 0) is 96.7 Å². The summed E-state index contributed by atoms with van der Waals surface area (Å²) in [6.07, 6.45) is 12.9. The fourth-order valence-electron chi connectivity index (χ4n) is 10.7. The first kappa shape index (κ1) is 22.9. The van der Waals surface area contributed by atoms with E-state index >= 15 is 0 Å². The molecule has 180 valence electrons. The van der Waals surface area contributed by atoms with Crippen molar-refractivity contribution in [3.05, 3.63) is 11.6 Å². The monoisotopic (exact) mass is 442 g/mol. The number of hydrogen-bond donors (Lipinski definition) is 2. The first-order chi connectivity index (χ1) is 14.8. The van der Waals surface area contributed by atoms with Crippen molar-refractivity contribution in [1.29, 1.82) is 0 Å². The second kappa shape index (κ2) is 6.86. The van der Waals surface area contributed by atoms with Gasteiger partial charge in [-0.2, -0.15) is 0 Å². The number of allylic oxidation sites excluding steroid dienone is 2. The van der Waals surface area contributed by atoms with Crippen LogP contribution >= 0.6 is 0 Å². The highest BCUT2D eigenvalue weighted by atomic mass is 16.4.